The number of aliphatic hydroxyl groups is 1. The molecule has 1 heterocycles. The monoisotopic (exact) mass is 204 g/mol. The summed E-state index contributed by atoms with van der Waals surface area (Å²) in [5, 5.41) is 9.55. The van der Waals surface area contributed by atoms with Crippen LogP contribution in [-0.4, -0.2) is 11.2 Å². The molecule has 0 atom stereocenters. The highest BCUT2D eigenvalue weighted by molar-refractivity contribution is 5.35. The summed E-state index contributed by atoms with van der Waals surface area (Å²) in [6, 6.07) is 8.48. The van der Waals surface area contributed by atoms with E-state index in [0.29, 0.717) is 0 Å². The molecule has 80 valence electrons. The van der Waals surface area contributed by atoms with Gasteiger partial charge in [-0.05, 0) is 36.8 Å². The molecule has 1 fully saturated rings. The first-order valence-corrected chi connectivity index (χ1v) is 5.71. The van der Waals surface area contributed by atoms with Crippen molar-refractivity contribution in [3.63, 3.8) is 0 Å². The summed E-state index contributed by atoms with van der Waals surface area (Å²) in [5.74, 6) is 0. The van der Waals surface area contributed by atoms with E-state index >= 15 is 0 Å². The quantitative estimate of drug-likeness (QED) is 0.703. The van der Waals surface area contributed by atoms with Crippen molar-refractivity contribution in [1.29, 1.82) is 0 Å². The number of hydrogen-bond donors (Lipinski definition) is 1. The van der Waals surface area contributed by atoms with E-state index in [4.69, 9.17) is 4.74 Å². The van der Waals surface area contributed by atoms with Crippen LogP contribution >= 0.6 is 0 Å². The molecule has 15 heavy (non-hydrogen) atoms. The normalized spacial score (nSPS) is 34.3. The zero-order valence-corrected chi connectivity index (χ0v) is 8.78. The molecule has 3 rings (SSSR count). The molecule has 0 aromatic heterocycles. The Kier molecular flexibility index (Phi) is 2.08. The molecule has 2 aliphatic rings. The molecule has 1 N–H and O–H groups in total. The average molecular weight is 204 g/mol. The minimum Gasteiger partial charge on any atom is -0.393 e. The molecule has 0 unspecified atom stereocenters. The third-order valence-electron chi connectivity index (χ3n) is 3.77. The van der Waals surface area contributed by atoms with E-state index in [1.54, 1.807) is 0 Å². The second-order valence-electron chi connectivity index (χ2n) is 4.67. The van der Waals surface area contributed by atoms with Crippen molar-refractivity contribution in [1.82, 2.24) is 0 Å². The number of hydrogen-bond acceptors (Lipinski definition) is 2. The molecule has 0 bridgehead atoms. The van der Waals surface area contributed by atoms with Crippen LogP contribution in [0.15, 0.2) is 24.3 Å². The number of rotatable bonds is 0. The second kappa shape index (κ2) is 3.32. The van der Waals surface area contributed by atoms with Gasteiger partial charge in [-0.2, -0.15) is 0 Å². The maximum atomic E-state index is 9.55. The third-order valence-corrected chi connectivity index (χ3v) is 3.77. The van der Waals surface area contributed by atoms with Crippen LogP contribution in [0.1, 0.15) is 36.8 Å². The topological polar surface area (TPSA) is 29.5 Å². The van der Waals surface area contributed by atoms with E-state index in [2.05, 4.69) is 24.3 Å². The van der Waals surface area contributed by atoms with Gasteiger partial charge >= 0.3 is 0 Å². The lowest BCUT2D eigenvalue weighted by Crippen LogP contribution is -2.33. The average Bonchev–Trinajstić information content (AvgIpc) is 2.63. The van der Waals surface area contributed by atoms with E-state index in [0.717, 1.165) is 32.3 Å². The summed E-state index contributed by atoms with van der Waals surface area (Å²) < 4.78 is 5.99. The number of benzene rings is 1. The van der Waals surface area contributed by atoms with Crippen LogP contribution in [0.4, 0.5) is 0 Å². The highest BCUT2D eigenvalue weighted by Crippen LogP contribution is 2.46. The van der Waals surface area contributed by atoms with Gasteiger partial charge < -0.3 is 9.84 Å². The van der Waals surface area contributed by atoms with E-state index in [1.165, 1.54) is 11.1 Å². The Bertz CT molecular complexity index is 365. The van der Waals surface area contributed by atoms with Crippen LogP contribution in [0, 0.1) is 0 Å². The summed E-state index contributed by atoms with van der Waals surface area (Å²) in [5.41, 5.74) is 2.61. The molecular weight excluding hydrogens is 188 g/mol. The summed E-state index contributed by atoms with van der Waals surface area (Å²) in [6.45, 7) is 0.742. The van der Waals surface area contributed by atoms with Crippen molar-refractivity contribution >= 4 is 0 Å². The maximum absolute atomic E-state index is 9.55. The van der Waals surface area contributed by atoms with Crippen molar-refractivity contribution in [2.24, 2.45) is 0 Å². The van der Waals surface area contributed by atoms with Crippen molar-refractivity contribution in [2.75, 3.05) is 0 Å². The van der Waals surface area contributed by atoms with Gasteiger partial charge in [0, 0.05) is 0 Å². The molecule has 2 nitrogen and oxygen atoms in total. The fourth-order valence-electron chi connectivity index (χ4n) is 2.87. The van der Waals surface area contributed by atoms with Crippen LogP contribution in [0.2, 0.25) is 0 Å². The van der Waals surface area contributed by atoms with Gasteiger partial charge in [-0.1, -0.05) is 24.3 Å². The van der Waals surface area contributed by atoms with Crippen molar-refractivity contribution in [3.8, 4) is 0 Å². The summed E-state index contributed by atoms with van der Waals surface area (Å²) in [4.78, 5) is 0. The smallest absolute Gasteiger partial charge is 0.0941 e. The van der Waals surface area contributed by atoms with Gasteiger partial charge in [0.2, 0.25) is 0 Å². The summed E-state index contributed by atoms with van der Waals surface area (Å²) in [7, 11) is 0. The van der Waals surface area contributed by atoms with E-state index in [-0.39, 0.29) is 11.7 Å². The Morgan fingerprint density at radius 2 is 1.93 bits per heavy atom. The lowest BCUT2D eigenvalue weighted by atomic mass is 9.78. The van der Waals surface area contributed by atoms with Crippen LogP contribution in [0.3, 0.4) is 0 Å². The Labute approximate surface area is 89.9 Å². The number of aliphatic hydroxyl groups excluding tert-OH is 1. The fraction of sp³-hybridized carbons (Fsp3) is 0.538. The Morgan fingerprint density at radius 3 is 2.73 bits per heavy atom. The van der Waals surface area contributed by atoms with E-state index < -0.39 is 0 Å². The predicted octanol–water partition coefficient (Wildman–Crippen LogP) is 2.35. The molecule has 1 aliphatic heterocycles. The molecule has 1 saturated carbocycles. The molecule has 1 spiro atoms. The molecule has 2 heteroatoms. The zero-order valence-electron chi connectivity index (χ0n) is 8.78. The van der Waals surface area contributed by atoms with Crippen LogP contribution < -0.4 is 0 Å². The fourth-order valence-corrected chi connectivity index (χ4v) is 2.87. The number of ether oxygens (including phenoxy) is 1. The first kappa shape index (κ1) is 9.37. The van der Waals surface area contributed by atoms with Gasteiger partial charge in [0.15, 0.2) is 0 Å². The van der Waals surface area contributed by atoms with Crippen molar-refractivity contribution in [3.05, 3.63) is 35.4 Å². The first-order valence-electron chi connectivity index (χ1n) is 5.71. The van der Waals surface area contributed by atoms with Crippen molar-refractivity contribution in [2.45, 2.75) is 44.0 Å². The maximum Gasteiger partial charge on any atom is 0.0941 e. The highest BCUT2D eigenvalue weighted by atomic mass is 16.5. The Balaban J connectivity index is 1.95. The Morgan fingerprint density at radius 1 is 1.20 bits per heavy atom. The van der Waals surface area contributed by atoms with Crippen molar-refractivity contribution < 1.29 is 9.84 Å². The lowest BCUT2D eigenvalue weighted by molar-refractivity contribution is -0.0840. The minimum atomic E-state index is -0.119. The SMILES string of the molecule is O[C@H]1CC[C@@]2(CC1)OCc1ccccc12. The van der Waals surface area contributed by atoms with Gasteiger partial charge in [-0.15, -0.1) is 0 Å². The van der Waals surface area contributed by atoms with E-state index in [9.17, 15) is 5.11 Å². The number of fused-ring (bicyclic) bond motifs is 2. The first-order chi connectivity index (χ1) is 7.30. The van der Waals surface area contributed by atoms with Crippen LogP contribution in [0.5, 0.6) is 0 Å². The van der Waals surface area contributed by atoms with E-state index in [1.807, 2.05) is 0 Å². The molecule has 1 aromatic carbocycles. The van der Waals surface area contributed by atoms with Gasteiger partial charge in [-0.25, -0.2) is 0 Å². The second-order valence-corrected chi connectivity index (χ2v) is 4.67. The van der Waals surface area contributed by atoms with Gasteiger partial charge in [-0.3, -0.25) is 0 Å². The Hall–Kier alpha value is -0.860. The molecule has 1 aliphatic carbocycles. The standard InChI is InChI=1S/C13H16O2/c14-11-5-7-13(8-6-11)12-4-2-1-3-10(12)9-15-13/h1-4,11,14H,5-9H2/t11-,13-. The molecule has 0 saturated heterocycles. The summed E-state index contributed by atoms with van der Waals surface area (Å²) >= 11 is 0. The molecular formula is C13H16O2. The molecule has 1 aromatic rings. The molecule has 0 radical (unpaired) electrons. The predicted molar refractivity (Wildman–Crippen MR) is 57.4 cm³/mol. The van der Waals surface area contributed by atoms with Crippen LogP contribution in [0.25, 0.3) is 0 Å². The zero-order chi connectivity index (χ0) is 10.3. The van der Waals surface area contributed by atoms with Gasteiger partial charge in [0.1, 0.15) is 0 Å². The summed E-state index contributed by atoms with van der Waals surface area (Å²) in [6.07, 6.45) is 3.55. The lowest BCUT2D eigenvalue weighted by Gasteiger charge is -2.35. The van der Waals surface area contributed by atoms with Gasteiger partial charge in [0.25, 0.3) is 0 Å². The third kappa shape index (κ3) is 1.40. The highest BCUT2D eigenvalue weighted by Gasteiger charge is 2.42. The van der Waals surface area contributed by atoms with Crippen LogP contribution in [-0.2, 0) is 16.9 Å². The molecule has 0 amide bonds. The van der Waals surface area contributed by atoms with Gasteiger partial charge in [0.05, 0.1) is 18.3 Å². The largest absolute Gasteiger partial charge is 0.393 e. The minimum absolute atomic E-state index is 0.0736.